The Morgan fingerprint density at radius 2 is 0.500 bits per heavy atom. The molecule has 2 heteroatoms. The second-order valence-corrected chi connectivity index (χ2v) is 9.53. The summed E-state index contributed by atoms with van der Waals surface area (Å²) in [4.78, 5) is 0. The van der Waals surface area contributed by atoms with Crippen LogP contribution in [-0.2, 0) is 0 Å². The van der Waals surface area contributed by atoms with E-state index < -0.39 is 0 Å². The van der Waals surface area contributed by atoms with E-state index in [1.54, 1.807) is 0 Å². The van der Waals surface area contributed by atoms with Crippen LogP contribution in [0.4, 0.5) is 0 Å². The van der Waals surface area contributed by atoms with Crippen LogP contribution in [0.2, 0.25) is 0 Å². The molecule has 0 aromatic heterocycles. The third-order valence-corrected chi connectivity index (χ3v) is 6.41. The van der Waals surface area contributed by atoms with Crippen molar-refractivity contribution in [3.05, 3.63) is 0 Å². The summed E-state index contributed by atoms with van der Waals surface area (Å²) in [6.07, 6.45) is 34.8. The van der Waals surface area contributed by atoms with Gasteiger partial charge in [-0.05, 0) is 25.9 Å². The first-order valence-corrected chi connectivity index (χ1v) is 14.1. The fourth-order valence-electron chi connectivity index (χ4n) is 4.31. The van der Waals surface area contributed by atoms with Crippen LogP contribution in [-0.4, -0.2) is 13.1 Å². The summed E-state index contributed by atoms with van der Waals surface area (Å²) < 4.78 is 0. The van der Waals surface area contributed by atoms with Crippen molar-refractivity contribution in [1.82, 2.24) is 5.32 Å². The zero-order valence-corrected chi connectivity index (χ0v) is 22.1. The molecule has 0 aliphatic rings. The third kappa shape index (κ3) is 30.4. The number of halogens is 1. The van der Waals surface area contributed by atoms with Gasteiger partial charge in [-0.25, -0.2) is 0 Å². The van der Waals surface area contributed by atoms with Crippen LogP contribution < -0.4 is 5.32 Å². The molecule has 0 aromatic carbocycles. The standard InChI is InChI=1S/C28H59N.ClH/c1-3-5-7-9-11-13-15-17-19-21-23-25-27-29-28-26-24-22-20-18-16-14-12-10-8-6-4-2;/h29H,3-28H2,1-2H3;1H. The number of rotatable bonds is 26. The van der Waals surface area contributed by atoms with E-state index in [1.165, 1.54) is 167 Å². The highest BCUT2D eigenvalue weighted by molar-refractivity contribution is 5.85. The van der Waals surface area contributed by atoms with Crippen LogP contribution in [0.3, 0.4) is 0 Å². The molecule has 1 N–H and O–H groups in total. The molecule has 0 fully saturated rings. The molecule has 0 aliphatic heterocycles. The number of hydrogen-bond acceptors (Lipinski definition) is 1. The quantitative estimate of drug-likeness (QED) is 0.130. The van der Waals surface area contributed by atoms with Crippen LogP contribution in [0.25, 0.3) is 0 Å². The first-order valence-electron chi connectivity index (χ1n) is 14.1. The van der Waals surface area contributed by atoms with Gasteiger partial charge in [-0.15, -0.1) is 12.4 Å². The molecule has 0 atom stereocenters. The molecule has 30 heavy (non-hydrogen) atoms. The summed E-state index contributed by atoms with van der Waals surface area (Å²) in [5.74, 6) is 0. The predicted molar refractivity (Wildman–Crippen MR) is 142 cm³/mol. The lowest BCUT2D eigenvalue weighted by molar-refractivity contribution is 0.521. The summed E-state index contributed by atoms with van der Waals surface area (Å²) in [6, 6.07) is 0. The molecule has 0 bridgehead atoms. The van der Waals surface area contributed by atoms with Crippen molar-refractivity contribution < 1.29 is 0 Å². The second-order valence-electron chi connectivity index (χ2n) is 9.53. The van der Waals surface area contributed by atoms with Crippen molar-refractivity contribution in [2.45, 2.75) is 168 Å². The predicted octanol–water partition coefficient (Wildman–Crippen LogP) is 10.4. The minimum Gasteiger partial charge on any atom is -0.317 e. The molecule has 0 aliphatic carbocycles. The van der Waals surface area contributed by atoms with Gasteiger partial charge >= 0.3 is 0 Å². The van der Waals surface area contributed by atoms with E-state index >= 15 is 0 Å². The monoisotopic (exact) mass is 445 g/mol. The zero-order chi connectivity index (χ0) is 21.1. The lowest BCUT2D eigenvalue weighted by Gasteiger charge is -2.06. The van der Waals surface area contributed by atoms with Crippen LogP contribution in [0, 0.1) is 0 Å². The van der Waals surface area contributed by atoms with E-state index in [9.17, 15) is 0 Å². The average Bonchev–Trinajstić information content (AvgIpc) is 2.74. The largest absolute Gasteiger partial charge is 0.317 e. The van der Waals surface area contributed by atoms with Gasteiger partial charge in [0.05, 0.1) is 0 Å². The molecule has 184 valence electrons. The first-order chi connectivity index (χ1) is 14.4. The number of unbranched alkanes of at least 4 members (excludes halogenated alkanes) is 22. The first kappa shape index (κ1) is 32.4. The second kappa shape index (κ2) is 31.4. The van der Waals surface area contributed by atoms with E-state index in [0.29, 0.717) is 0 Å². The lowest BCUT2D eigenvalue weighted by atomic mass is 10.1. The maximum Gasteiger partial charge on any atom is -0.00489 e. The topological polar surface area (TPSA) is 12.0 Å². The normalized spacial score (nSPS) is 11.0. The van der Waals surface area contributed by atoms with Crippen LogP contribution >= 0.6 is 12.4 Å². The maximum atomic E-state index is 3.66. The minimum atomic E-state index is 0. The van der Waals surface area contributed by atoms with E-state index in [0.717, 1.165) is 0 Å². The Balaban J connectivity index is 0. The van der Waals surface area contributed by atoms with Crippen LogP contribution in [0.1, 0.15) is 168 Å². The van der Waals surface area contributed by atoms with Crippen LogP contribution in [0.5, 0.6) is 0 Å². The van der Waals surface area contributed by atoms with Gasteiger partial charge in [0, 0.05) is 0 Å². The van der Waals surface area contributed by atoms with Crippen molar-refractivity contribution >= 4 is 12.4 Å². The third-order valence-electron chi connectivity index (χ3n) is 6.41. The molecule has 0 rings (SSSR count). The molecule has 0 radical (unpaired) electrons. The maximum absolute atomic E-state index is 3.66. The summed E-state index contributed by atoms with van der Waals surface area (Å²) in [5, 5.41) is 3.66. The molecule has 0 spiro atoms. The molecule has 0 amide bonds. The molecule has 0 saturated heterocycles. The zero-order valence-electron chi connectivity index (χ0n) is 21.3. The molecule has 0 unspecified atom stereocenters. The van der Waals surface area contributed by atoms with Gasteiger partial charge in [-0.1, -0.05) is 155 Å². The van der Waals surface area contributed by atoms with E-state index in [4.69, 9.17) is 0 Å². The SMILES string of the molecule is CCCCCCCCCCCCCCNCCCCCCCCCCCCCC.Cl. The Kier molecular flexibility index (Phi) is 34.0. The van der Waals surface area contributed by atoms with Crippen molar-refractivity contribution in [2.75, 3.05) is 13.1 Å². The number of nitrogens with one attached hydrogen (secondary N) is 1. The fraction of sp³-hybridized carbons (Fsp3) is 1.00. The highest BCUT2D eigenvalue weighted by Crippen LogP contribution is 2.13. The Morgan fingerprint density at radius 1 is 0.300 bits per heavy atom. The molecule has 0 aromatic rings. The van der Waals surface area contributed by atoms with Gasteiger partial charge in [0.2, 0.25) is 0 Å². The van der Waals surface area contributed by atoms with E-state index in [2.05, 4.69) is 19.2 Å². The van der Waals surface area contributed by atoms with Crippen molar-refractivity contribution in [3.63, 3.8) is 0 Å². The van der Waals surface area contributed by atoms with E-state index in [-0.39, 0.29) is 12.4 Å². The van der Waals surface area contributed by atoms with Gasteiger partial charge in [-0.2, -0.15) is 0 Å². The summed E-state index contributed by atoms with van der Waals surface area (Å²) in [5.41, 5.74) is 0. The number of hydrogen-bond donors (Lipinski definition) is 1. The molecular weight excluding hydrogens is 386 g/mol. The molecule has 1 nitrogen and oxygen atoms in total. The van der Waals surface area contributed by atoms with Gasteiger partial charge in [-0.3, -0.25) is 0 Å². The van der Waals surface area contributed by atoms with Gasteiger partial charge in [0.15, 0.2) is 0 Å². The van der Waals surface area contributed by atoms with Gasteiger partial charge < -0.3 is 5.32 Å². The van der Waals surface area contributed by atoms with Gasteiger partial charge in [0.1, 0.15) is 0 Å². The summed E-state index contributed by atoms with van der Waals surface area (Å²) in [7, 11) is 0. The van der Waals surface area contributed by atoms with Crippen LogP contribution in [0.15, 0.2) is 0 Å². The summed E-state index contributed by atoms with van der Waals surface area (Å²) in [6.45, 7) is 7.09. The highest BCUT2D eigenvalue weighted by atomic mass is 35.5. The minimum absolute atomic E-state index is 0. The Hall–Kier alpha value is 0.250. The van der Waals surface area contributed by atoms with Crippen molar-refractivity contribution in [1.29, 1.82) is 0 Å². The highest BCUT2D eigenvalue weighted by Gasteiger charge is 1.95. The van der Waals surface area contributed by atoms with Crippen molar-refractivity contribution in [2.24, 2.45) is 0 Å². The molecular formula is C28H60ClN. The van der Waals surface area contributed by atoms with Crippen molar-refractivity contribution in [3.8, 4) is 0 Å². The van der Waals surface area contributed by atoms with E-state index in [1.807, 2.05) is 0 Å². The molecule has 0 heterocycles. The van der Waals surface area contributed by atoms with Gasteiger partial charge in [0.25, 0.3) is 0 Å². The lowest BCUT2D eigenvalue weighted by Crippen LogP contribution is -2.16. The fourth-order valence-corrected chi connectivity index (χ4v) is 4.31. The average molecular weight is 446 g/mol. The summed E-state index contributed by atoms with van der Waals surface area (Å²) >= 11 is 0. The molecule has 0 saturated carbocycles. The smallest absolute Gasteiger partial charge is 0.00489 e. The Bertz CT molecular complexity index is 243. The Labute approximate surface area is 198 Å². The Morgan fingerprint density at radius 3 is 0.733 bits per heavy atom.